The first kappa shape index (κ1) is 15.4. The standard InChI is InChI=1S/C17H23FN2O2/c18-17-12-15(20(21)22)6-7-16(17)13-8-10-19(11-9-13)14-4-2-1-3-5-14/h6-7,12-14H,1-5,8-11H2. The van der Waals surface area contributed by atoms with Crippen molar-refractivity contribution in [3.05, 3.63) is 39.7 Å². The second-order valence-electron chi connectivity index (χ2n) is 6.57. The topological polar surface area (TPSA) is 46.4 Å². The van der Waals surface area contributed by atoms with Crippen molar-refractivity contribution in [3.8, 4) is 0 Å². The van der Waals surface area contributed by atoms with Gasteiger partial charge in [-0.1, -0.05) is 19.3 Å². The second-order valence-corrected chi connectivity index (χ2v) is 6.57. The zero-order valence-electron chi connectivity index (χ0n) is 12.8. The molecular formula is C17H23FN2O2. The molecule has 0 N–H and O–H groups in total. The van der Waals surface area contributed by atoms with Crippen molar-refractivity contribution in [1.82, 2.24) is 4.90 Å². The number of nitro groups is 1. The second kappa shape index (κ2) is 6.73. The average molecular weight is 306 g/mol. The van der Waals surface area contributed by atoms with E-state index in [1.165, 1.54) is 38.2 Å². The molecule has 0 amide bonds. The van der Waals surface area contributed by atoms with Gasteiger partial charge in [0.15, 0.2) is 0 Å². The summed E-state index contributed by atoms with van der Waals surface area (Å²) in [6, 6.07) is 4.81. The van der Waals surface area contributed by atoms with Crippen molar-refractivity contribution in [2.24, 2.45) is 0 Å². The Morgan fingerprint density at radius 2 is 1.77 bits per heavy atom. The highest BCUT2D eigenvalue weighted by Crippen LogP contribution is 2.34. The molecule has 120 valence electrons. The zero-order chi connectivity index (χ0) is 15.5. The molecule has 1 heterocycles. The predicted molar refractivity (Wildman–Crippen MR) is 83.5 cm³/mol. The third-order valence-corrected chi connectivity index (χ3v) is 5.26. The monoisotopic (exact) mass is 306 g/mol. The van der Waals surface area contributed by atoms with Gasteiger partial charge in [-0.25, -0.2) is 4.39 Å². The Kier molecular flexibility index (Phi) is 4.71. The molecule has 1 aliphatic carbocycles. The number of hydrogen-bond donors (Lipinski definition) is 0. The number of benzene rings is 1. The fraction of sp³-hybridized carbons (Fsp3) is 0.647. The summed E-state index contributed by atoms with van der Waals surface area (Å²) in [5.41, 5.74) is 0.481. The van der Waals surface area contributed by atoms with Crippen LogP contribution in [0.3, 0.4) is 0 Å². The van der Waals surface area contributed by atoms with Gasteiger partial charge in [0, 0.05) is 12.1 Å². The minimum Gasteiger partial charge on any atom is -0.300 e. The van der Waals surface area contributed by atoms with E-state index >= 15 is 0 Å². The van der Waals surface area contributed by atoms with Crippen LogP contribution in [0.25, 0.3) is 0 Å². The van der Waals surface area contributed by atoms with Crippen LogP contribution < -0.4 is 0 Å². The third kappa shape index (κ3) is 3.29. The number of rotatable bonds is 3. The van der Waals surface area contributed by atoms with Gasteiger partial charge in [0.25, 0.3) is 5.69 Å². The van der Waals surface area contributed by atoms with Gasteiger partial charge in [-0.15, -0.1) is 0 Å². The van der Waals surface area contributed by atoms with Crippen molar-refractivity contribution < 1.29 is 9.31 Å². The first-order valence-electron chi connectivity index (χ1n) is 8.33. The summed E-state index contributed by atoms with van der Waals surface area (Å²) >= 11 is 0. The molecule has 0 atom stereocenters. The molecule has 1 saturated carbocycles. The lowest BCUT2D eigenvalue weighted by atomic mass is 9.86. The molecular weight excluding hydrogens is 283 g/mol. The smallest absolute Gasteiger partial charge is 0.272 e. The molecule has 1 aromatic carbocycles. The van der Waals surface area contributed by atoms with E-state index in [2.05, 4.69) is 4.90 Å². The zero-order valence-corrected chi connectivity index (χ0v) is 12.8. The summed E-state index contributed by atoms with van der Waals surface area (Å²) in [5.74, 6) is -0.231. The van der Waals surface area contributed by atoms with Gasteiger partial charge in [-0.2, -0.15) is 0 Å². The largest absolute Gasteiger partial charge is 0.300 e. The lowest BCUT2D eigenvalue weighted by molar-refractivity contribution is -0.385. The third-order valence-electron chi connectivity index (χ3n) is 5.26. The summed E-state index contributed by atoms with van der Waals surface area (Å²) in [4.78, 5) is 12.7. The van der Waals surface area contributed by atoms with Gasteiger partial charge >= 0.3 is 0 Å². The molecule has 0 unspecified atom stereocenters. The Labute approximate surface area is 130 Å². The number of hydrogen-bond acceptors (Lipinski definition) is 3. The van der Waals surface area contributed by atoms with Crippen molar-refractivity contribution in [2.75, 3.05) is 13.1 Å². The summed E-state index contributed by atoms with van der Waals surface area (Å²) in [6.45, 7) is 2.04. The molecule has 0 radical (unpaired) electrons. The minimum atomic E-state index is -0.543. The number of nitrogens with zero attached hydrogens (tertiary/aromatic N) is 2. The van der Waals surface area contributed by atoms with Crippen LogP contribution in [-0.4, -0.2) is 29.0 Å². The fourth-order valence-corrected chi connectivity index (χ4v) is 3.98. The van der Waals surface area contributed by atoms with E-state index in [4.69, 9.17) is 0 Å². The van der Waals surface area contributed by atoms with Crippen LogP contribution in [0.1, 0.15) is 56.4 Å². The fourth-order valence-electron chi connectivity index (χ4n) is 3.98. The molecule has 3 rings (SSSR count). The van der Waals surface area contributed by atoms with Crippen molar-refractivity contribution in [2.45, 2.75) is 56.9 Å². The average Bonchev–Trinajstić information content (AvgIpc) is 2.56. The van der Waals surface area contributed by atoms with Gasteiger partial charge in [0.05, 0.1) is 11.0 Å². The number of halogens is 1. The molecule has 2 fully saturated rings. The molecule has 1 aliphatic heterocycles. The van der Waals surface area contributed by atoms with E-state index in [9.17, 15) is 14.5 Å². The van der Waals surface area contributed by atoms with Crippen molar-refractivity contribution >= 4 is 5.69 Å². The maximum absolute atomic E-state index is 14.1. The Balaban J connectivity index is 1.62. The SMILES string of the molecule is O=[N+]([O-])c1ccc(C2CCN(C3CCCCC3)CC2)c(F)c1. The van der Waals surface area contributed by atoms with Gasteiger partial charge < -0.3 is 4.90 Å². The van der Waals surface area contributed by atoms with E-state index in [0.29, 0.717) is 5.56 Å². The number of nitro benzene ring substituents is 1. The Hall–Kier alpha value is -1.49. The number of piperidine rings is 1. The highest BCUT2D eigenvalue weighted by molar-refractivity contribution is 5.36. The molecule has 1 saturated heterocycles. The maximum Gasteiger partial charge on any atom is 0.272 e. The van der Waals surface area contributed by atoms with Crippen LogP contribution in [0.4, 0.5) is 10.1 Å². The normalized spacial score (nSPS) is 21.9. The maximum atomic E-state index is 14.1. The minimum absolute atomic E-state index is 0.166. The van der Waals surface area contributed by atoms with E-state index < -0.39 is 10.7 Å². The van der Waals surface area contributed by atoms with E-state index in [-0.39, 0.29) is 11.6 Å². The molecule has 0 bridgehead atoms. The Bertz CT molecular complexity index is 535. The number of non-ortho nitro benzene ring substituents is 1. The van der Waals surface area contributed by atoms with Crippen LogP contribution in [0, 0.1) is 15.9 Å². The highest BCUT2D eigenvalue weighted by Gasteiger charge is 2.28. The molecule has 5 heteroatoms. The summed E-state index contributed by atoms with van der Waals surface area (Å²) in [5, 5.41) is 10.7. The molecule has 0 aromatic heterocycles. The molecule has 2 aliphatic rings. The Morgan fingerprint density at radius 3 is 2.36 bits per heavy atom. The van der Waals surface area contributed by atoms with Crippen LogP contribution in [-0.2, 0) is 0 Å². The molecule has 22 heavy (non-hydrogen) atoms. The van der Waals surface area contributed by atoms with Crippen LogP contribution in [0.2, 0.25) is 0 Å². The van der Waals surface area contributed by atoms with Gasteiger partial charge in [0.2, 0.25) is 0 Å². The van der Waals surface area contributed by atoms with Gasteiger partial charge in [0.1, 0.15) is 5.82 Å². The Morgan fingerprint density at radius 1 is 1.09 bits per heavy atom. The first-order chi connectivity index (χ1) is 10.6. The van der Waals surface area contributed by atoms with Crippen LogP contribution >= 0.6 is 0 Å². The first-order valence-corrected chi connectivity index (χ1v) is 8.33. The predicted octanol–water partition coefficient (Wildman–Crippen LogP) is 4.25. The molecule has 1 aromatic rings. The van der Waals surface area contributed by atoms with E-state index in [1.807, 2.05) is 0 Å². The quantitative estimate of drug-likeness (QED) is 0.619. The highest BCUT2D eigenvalue weighted by atomic mass is 19.1. The van der Waals surface area contributed by atoms with E-state index in [1.54, 1.807) is 6.07 Å². The van der Waals surface area contributed by atoms with Crippen LogP contribution in [0.15, 0.2) is 18.2 Å². The van der Waals surface area contributed by atoms with Gasteiger partial charge in [-0.05, 0) is 56.3 Å². The van der Waals surface area contributed by atoms with Crippen molar-refractivity contribution in [1.29, 1.82) is 0 Å². The summed E-state index contributed by atoms with van der Waals surface area (Å²) in [6.07, 6.45) is 8.54. The summed E-state index contributed by atoms with van der Waals surface area (Å²) < 4.78 is 14.1. The summed E-state index contributed by atoms with van der Waals surface area (Å²) in [7, 11) is 0. The van der Waals surface area contributed by atoms with E-state index in [0.717, 1.165) is 38.0 Å². The molecule has 4 nitrogen and oxygen atoms in total. The lowest BCUT2D eigenvalue weighted by Crippen LogP contribution is -2.42. The number of likely N-dealkylation sites (tertiary alicyclic amines) is 1. The molecule has 0 spiro atoms. The van der Waals surface area contributed by atoms with Gasteiger partial charge in [-0.3, -0.25) is 10.1 Å². The van der Waals surface area contributed by atoms with Crippen LogP contribution in [0.5, 0.6) is 0 Å². The van der Waals surface area contributed by atoms with Crippen molar-refractivity contribution in [3.63, 3.8) is 0 Å². The lowest BCUT2D eigenvalue weighted by Gasteiger charge is -2.39.